The lowest BCUT2D eigenvalue weighted by molar-refractivity contribution is -0.144. The molecule has 2 aliphatic rings. The number of carbonyl (C=O) groups excluding carboxylic acids is 8. The van der Waals surface area contributed by atoms with Crippen LogP contribution < -0.4 is 49.1 Å². The average Bonchev–Trinajstić information content (AvgIpc) is 3.98. The largest absolute Gasteiger partial charge is 0.508 e. The van der Waals surface area contributed by atoms with Crippen LogP contribution in [0.25, 0.3) is 0 Å². The molecule has 3 rings (SSSR count). The first kappa shape index (κ1) is 56.8. The Morgan fingerprint density at radius 1 is 0.739 bits per heavy atom. The summed E-state index contributed by atoms with van der Waals surface area (Å²) in [6, 6.07) is -3.33. The molecule has 2 aliphatic heterocycles. The number of hydrogen-bond donors (Lipinski definition) is 12. The highest BCUT2D eigenvalue weighted by Crippen LogP contribution is 2.22. The molecular weight excluding hydrogens is 901 g/mol. The topological polar surface area (TPSA) is 383 Å². The molecule has 0 saturated carbocycles. The molecule has 9 atom stereocenters. The Morgan fingerprint density at radius 2 is 1.30 bits per heavy atom. The van der Waals surface area contributed by atoms with Crippen LogP contribution >= 0.6 is 0 Å². The fourth-order valence-electron chi connectivity index (χ4n) is 8.07. The van der Waals surface area contributed by atoms with Crippen molar-refractivity contribution in [2.45, 2.75) is 147 Å². The number of carbonyl (C=O) groups is 9. The zero-order chi connectivity index (χ0) is 51.7. The maximum absolute atomic E-state index is 14.1. The molecule has 0 unspecified atom stereocenters. The van der Waals surface area contributed by atoms with E-state index in [9.17, 15) is 58.5 Å². The van der Waals surface area contributed by atoms with E-state index < -0.39 is 120 Å². The minimum absolute atomic E-state index is 0.000877. The van der Waals surface area contributed by atoms with Gasteiger partial charge in [-0.25, -0.2) is 4.79 Å². The number of nitrogens with two attached hydrogens (primary N) is 3. The van der Waals surface area contributed by atoms with E-state index >= 15 is 0 Å². The van der Waals surface area contributed by atoms with Gasteiger partial charge in [-0.3, -0.25) is 43.3 Å². The summed E-state index contributed by atoms with van der Waals surface area (Å²) in [5.41, 5.74) is 17.5. The van der Waals surface area contributed by atoms with Crippen LogP contribution in [0.5, 0.6) is 5.75 Å². The molecule has 15 N–H and O–H groups in total. The molecule has 69 heavy (non-hydrogen) atoms. The highest BCUT2D eigenvalue weighted by molar-refractivity contribution is 5.98. The highest BCUT2D eigenvalue weighted by atomic mass is 16.4. The third kappa shape index (κ3) is 17.5. The molecule has 0 radical (unpaired) electrons. The predicted molar refractivity (Wildman–Crippen MR) is 251 cm³/mol. The van der Waals surface area contributed by atoms with Gasteiger partial charge in [0.15, 0.2) is 5.96 Å². The molecule has 384 valence electrons. The van der Waals surface area contributed by atoms with Crippen LogP contribution in [0, 0.1) is 11.8 Å². The van der Waals surface area contributed by atoms with Crippen molar-refractivity contribution in [2.75, 3.05) is 26.2 Å². The number of aliphatic hydroxyl groups excluding tert-OH is 1. The number of aromatic hydroxyl groups is 1. The number of benzene rings is 1. The van der Waals surface area contributed by atoms with Crippen LogP contribution in [0.15, 0.2) is 29.3 Å². The Morgan fingerprint density at radius 3 is 1.86 bits per heavy atom. The number of hydrogen-bond acceptors (Lipinski definition) is 13. The number of rotatable bonds is 25. The van der Waals surface area contributed by atoms with Crippen molar-refractivity contribution in [1.29, 1.82) is 0 Å². The van der Waals surface area contributed by atoms with E-state index in [0.29, 0.717) is 24.8 Å². The maximum atomic E-state index is 14.1. The van der Waals surface area contributed by atoms with Gasteiger partial charge in [-0.2, -0.15) is 0 Å². The fourth-order valence-corrected chi connectivity index (χ4v) is 8.07. The van der Waals surface area contributed by atoms with Crippen LogP contribution in [0.4, 0.5) is 0 Å². The summed E-state index contributed by atoms with van der Waals surface area (Å²) < 4.78 is 0. The number of aliphatic carboxylic acids is 1. The molecule has 1 aromatic carbocycles. The van der Waals surface area contributed by atoms with Gasteiger partial charge in [0, 0.05) is 26.1 Å². The van der Waals surface area contributed by atoms with Crippen molar-refractivity contribution >= 4 is 59.2 Å². The maximum Gasteiger partial charge on any atom is 0.326 e. The number of nitrogens with one attached hydrogen (secondary N) is 6. The molecule has 8 amide bonds. The van der Waals surface area contributed by atoms with Gasteiger partial charge in [0.05, 0.1) is 18.7 Å². The summed E-state index contributed by atoms with van der Waals surface area (Å²) in [4.78, 5) is 126. The lowest BCUT2D eigenvalue weighted by Crippen LogP contribution is -2.60. The second-order valence-corrected chi connectivity index (χ2v) is 18.4. The standard InChI is InChI=1S/C45H72N12O12/c1-23(2)20-31(44(68)69)53-41(65)36(26(6)58)55-39(63)33-12-9-18-56(33)42(66)25(5)51-40(64)35(24(3)4)54-34(60)22-50-38(62)32-11-8-19-57(32)43(67)30(21-27-13-15-28(59)16-14-27)52-37(61)29(46)10-7-17-49-45(47)48/h13-16,23-26,29-33,35-36,58-59H,7-12,17-22,46H2,1-6H3,(H,50,62)(H,51,64)(H,52,61)(H,53,65)(H,54,60)(H,55,63)(H,68,69)(H4,47,48,49)/t25-,26+,29-,30-,31-,32-,33-,35-,36-/m0/s1. The lowest BCUT2D eigenvalue weighted by Gasteiger charge is -2.30. The zero-order valence-electron chi connectivity index (χ0n) is 40.2. The zero-order valence-corrected chi connectivity index (χ0v) is 40.2. The van der Waals surface area contributed by atoms with E-state index in [0.717, 1.165) is 0 Å². The first-order chi connectivity index (χ1) is 32.4. The normalized spacial score (nSPS) is 18.7. The number of aliphatic hydroxyl groups is 1. The van der Waals surface area contributed by atoms with Crippen molar-refractivity contribution in [3.63, 3.8) is 0 Å². The summed E-state index contributed by atoms with van der Waals surface area (Å²) in [5.74, 6) is -7.56. The average molecular weight is 973 g/mol. The minimum atomic E-state index is -1.53. The summed E-state index contributed by atoms with van der Waals surface area (Å²) >= 11 is 0. The van der Waals surface area contributed by atoms with Gasteiger partial charge in [-0.1, -0.05) is 39.8 Å². The van der Waals surface area contributed by atoms with E-state index in [1.54, 1.807) is 39.8 Å². The van der Waals surface area contributed by atoms with E-state index in [-0.39, 0.29) is 69.4 Å². The number of phenolic OH excluding ortho intramolecular Hbond substituents is 1. The fraction of sp³-hybridized carbons (Fsp3) is 0.644. The Kier molecular flexibility index (Phi) is 22.1. The number of carboxylic acid groups (broad SMARTS) is 1. The Bertz CT molecular complexity index is 2010. The monoisotopic (exact) mass is 973 g/mol. The number of aliphatic imine (C=N–C) groups is 1. The summed E-state index contributed by atoms with van der Waals surface area (Å²) in [6.45, 7) is 9.50. The number of likely N-dealkylation sites (tertiary alicyclic amines) is 2. The predicted octanol–water partition coefficient (Wildman–Crippen LogP) is -2.97. The van der Waals surface area contributed by atoms with Crippen LogP contribution in [-0.2, 0) is 49.6 Å². The van der Waals surface area contributed by atoms with Crippen molar-refractivity contribution in [3.05, 3.63) is 29.8 Å². The molecule has 2 fully saturated rings. The van der Waals surface area contributed by atoms with Gasteiger partial charge in [0.1, 0.15) is 48.0 Å². The summed E-state index contributed by atoms with van der Waals surface area (Å²) in [6.07, 6.45) is 0.622. The van der Waals surface area contributed by atoms with Gasteiger partial charge in [-0.05, 0) is 88.3 Å². The van der Waals surface area contributed by atoms with E-state index in [1.165, 1.54) is 35.8 Å². The highest BCUT2D eigenvalue weighted by Gasteiger charge is 2.41. The van der Waals surface area contributed by atoms with Gasteiger partial charge in [0.25, 0.3) is 0 Å². The van der Waals surface area contributed by atoms with Crippen LogP contribution in [0.2, 0.25) is 0 Å². The molecule has 0 aliphatic carbocycles. The van der Waals surface area contributed by atoms with Crippen LogP contribution in [-0.4, -0.2) is 165 Å². The minimum Gasteiger partial charge on any atom is -0.508 e. The second kappa shape index (κ2) is 26.8. The summed E-state index contributed by atoms with van der Waals surface area (Å²) in [7, 11) is 0. The SMILES string of the molecule is CC(C)C[C@H](NC(=O)[C@@H](NC(=O)[C@@H]1CCCN1C(=O)[C@H](C)NC(=O)[C@@H](NC(=O)CNC(=O)[C@@H]1CCCN1C(=O)[C@H](Cc1ccc(O)cc1)NC(=O)[C@@H](N)CCCN=C(N)N)C(C)C)[C@@H](C)O)C(=O)O. The Labute approximate surface area is 401 Å². The molecule has 24 nitrogen and oxygen atoms in total. The Balaban J connectivity index is 1.62. The van der Waals surface area contributed by atoms with Crippen molar-refractivity contribution in [2.24, 2.45) is 34.0 Å². The number of guanidine groups is 1. The number of carboxylic acids is 1. The second-order valence-electron chi connectivity index (χ2n) is 18.4. The first-order valence-electron chi connectivity index (χ1n) is 23.3. The van der Waals surface area contributed by atoms with Gasteiger partial charge in [0.2, 0.25) is 47.3 Å². The number of amides is 8. The quantitative estimate of drug-likeness (QED) is 0.0264. The molecule has 0 bridgehead atoms. The molecule has 0 spiro atoms. The van der Waals surface area contributed by atoms with E-state index in [1.807, 2.05) is 0 Å². The van der Waals surface area contributed by atoms with Crippen LogP contribution in [0.1, 0.15) is 92.1 Å². The third-order valence-electron chi connectivity index (χ3n) is 11.8. The molecule has 1 aromatic rings. The smallest absolute Gasteiger partial charge is 0.326 e. The molecule has 2 heterocycles. The molecule has 24 heteroatoms. The first-order valence-corrected chi connectivity index (χ1v) is 23.3. The number of nitrogens with zero attached hydrogens (tertiary/aromatic N) is 3. The van der Waals surface area contributed by atoms with Crippen molar-refractivity contribution in [3.8, 4) is 5.75 Å². The van der Waals surface area contributed by atoms with E-state index in [4.69, 9.17) is 17.2 Å². The van der Waals surface area contributed by atoms with E-state index in [2.05, 4.69) is 36.9 Å². The molecule has 2 saturated heterocycles. The van der Waals surface area contributed by atoms with Crippen molar-refractivity contribution in [1.82, 2.24) is 41.7 Å². The van der Waals surface area contributed by atoms with Crippen LogP contribution in [0.3, 0.4) is 0 Å². The Hall–Kier alpha value is -6.56. The summed E-state index contributed by atoms with van der Waals surface area (Å²) in [5, 5.41) is 45.0. The molecule has 0 aromatic heterocycles. The lowest BCUT2D eigenvalue weighted by atomic mass is 10.0. The van der Waals surface area contributed by atoms with Gasteiger partial charge < -0.3 is 74.2 Å². The number of phenols is 1. The van der Waals surface area contributed by atoms with Crippen molar-refractivity contribution < 1.29 is 58.5 Å². The molecular formula is C45H72N12O12. The third-order valence-corrected chi connectivity index (χ3v) is 11.8. The van der Waals surface area contributed by atoms with Gasteiger partial charge >= 0.3 is 5.97 Å². The van der Waals surface area contributed by atoms with Gasteiger partial charge in [-0.15, -0.1) is 0 Å².